The maximum absolute atomic E-state index is 4.44. The molecule has 0 spiro atoms. The Morgan fingerprint density at radius 2 is 1.43 bits per heavy atom. The van der Waals surface area contributed by atoms with Crippen molar-refractivity contribution in [3.63, 3.8) is 0 Å². The summed E-state index contributed by atoms with van der Waals surface area (Å²) >= 11 is 3.57. The minimum absolute atomic E-state index is 0.00953. The molecule has 1 atom stereocenters. The first kappa shape index (κ1) is 17.5. The molecule has 2 heterocycles. The molecule has 1 aromatic heterocycles. The van der Waals surface area contributed by atoms with Gasteiger partial charge in [0, 0.05) is 33.3 Å². The molecule has 0 saturated heterocycles. The number of benzene rings is 4. The molecule has 5 aromatic rings. The summed E-state index contributed by atoms with van der Waals surface area (Å²) in [5, 5.41) is 8.67. The fourth-order valence-corrected chi connectivity index (χ4v) is 4.75. The van der Waals surface area contributed by atoms with Crippen LogP contribution in [0.5, 0.6) is 0 Å². The lowest BCUT2D eigenvalue weighted by molar-refractivity contribution is 0.830. The second-order valence-corrected chi connectivity index (χ2v) is 8.41. The number of hydrogen-bond donors (Lipinski definition) is 1. The van der Waals surface area contributed by atoms with Crippen LogP contribution in [0.4, 0.5) is 17.1 Å². The molecule has 4 heteroatoms. The second kappa shape index (κ2) is 6.85. The normalized spacial score (nSPS) is 15.4. The van der Waals surface area contributed by atoms with E-state index in [0.717, 1.165) is 21.2 Å². The minimum Gasteiger partial charge on any atom is -0.359 e. The van der Waals surface area contributed by atoms with Gasteiger partial charge in [0.2, 0.25) is 0 Å². The number of pyridine rings is 1. The van der Waals surface area contributed by atoms with E-state index in [2.05, 4.69) is 116 Å². The van der Waals surface area contributed by atoms with E-state index in [1.165, 1.54) is 27.4 Å². The predicted molar refractivity (Wildman–Crippen MR) is 128 cm³/mol. The number of anilines is 3. The SMILES string of the molecule is Brc1ccc(C2Nc3c(c4ccccc4c4ccncc34)N2c2ccccc2)cc1. The first-order chi connectivity index (χ1) is 14.8. The van der Waals surface area contributed by atoms with E-state index in [-0.39, 0.29) is 6.17 Å². The monoisotopic (exact) mass is 451 g/mol. The summed E-state index contributed by atoms with van der Waals surface area (Å²) in [4.78, 5) is 6.85. The van der Waals surface area contributed by atoms with Crippen LogP contribution in [0.2, 0.25) is 0 Å². The zero-order valence-electron chi connectivity index (χ0n) is 16.1. The van der Waals surface area contributed by atoms with Crippen molar-refractivity contribution in [2.75, 3.05) is 10.2 Å². The molecule has 0 aliphatic carbocycles. The van der Waals surface area contributed by atoms with E-state index in [1.54, 1.807) is 0 Å². The van der Waals surface area contributed by atoms with E-state index in [1.807, 2.05) is 12.4 Å². The Kier molecular flexibility index (Phi) is 3.99. The van der Waals surface area contributed by atoms with Crippen LogP contribution in [-0.4, -0.2) is 4.98 Å². The van der Waals surface area contributed by atoms with Gasteiger partial charge in [0.05, 0.1) is 11.4 Å². The van der Waals surface area contributed by atoms with Crippen molar-refractivity contribution in [3.8, 4) is 0 Å². The van der Waals surface area contributed by atoms with Gasteiger partial charge in [0.1, 0.15) is 6.17 Å². The van der Waals surface area contributed by atoms with E-state index < -0.39 is 0 Å². The van der Waals surface area contributed by atoms with Crippen molar-refractivity contribution in [2.45, 2.75) is 6.17 Å². The van der Waals surface area contributed by atoms with Gasteiger partial charge in [-0.05, 0) is 46.7 Å². The van der Waals surface area contributed by atoms with E-state index in [4.69, 9.17) is 0 Å². The first-order valence-corrected chi connectivity index (χ1v) is 10.8. The van der Waals surface area contributed by atoms with Crippen LogP contribution in [0.1, 0.15) is 11.7 Å². The highest BCUT2D eigenvalue weighted by atomic mass is 79.9. The maximum atomic E-state index is 4.44. The van der Waals surface area contributed by atoms with Gasteiger partial charge in [-0.25, -0.2) is 0 Å². The zero-order valence-corrected chi connectivity index (χ0v) is 17.7. The van der Waals surface area contributed by atoms with Crippen LogP contribution in [0.25, 0.3) is 21.5 Å². The van der Waals surface area contributed by atoms with E-state index >= 15 is 0 Å². The fraction of sp³-hybridized carbons (Fsp3) is 0.0385. The highest BCUT2D eigenvalue weighted by Gasteiger charge is 2.34. The lowest BCUT2D eigenvalue weighted by Gasteiger charge is -2.28. The molecule has 0 fully saturated rings. The quantitative estimate of drug-likeness (QED) is 0.283. The third-order valence-electron chi connectivity index (χ3n) is 5.80. The average Bonchev–Trinajstić information content (AvgIpc) is 3.21. The molecular formula is C26H18BrN3. The molecule has 0 amide bonds. The van der Waals surface area contributed by atoms with Crippen molar-refractivity contribution in [2.24, 2.45) is 0 Å². The van der Waals surface area contributed by atoms with Gasteiger partial charge in [0.25, 0.3) is 0 Å². The standard InChI is InChI=1S/C26H18BrN3/c27-18-12-10-17(11-13-18)26-29-24-23-16-28-15-14-21(23)20-8-4-5-9-22(20)25(24)30(26)19-6-2-1-3-7-19/h1-16,26,29H. The molecule has 0 saturated carbocycles. The largest absolute Gasteiger partial charge is 0.359 e. The second-order valence-electron chi connectivity index (χ2n) is 7.49. The predicted octanol–water partition coefficient (Wildman–Crippen LogP) is 7.41. The molecule has 30 heavy (non-hydrogen) atoms. The van der Waals surface area contributed by atoms with Gasteiger partial charge in [-0.15, -0.1) is 0 Å². The average molecular weight is 452 g/mol. The maximum Gasteiger partial charge on any atom is 0.130 e. The zero-order chi connectivity index (χ0) is 20.1. The highest BCUT2D eigenvalue weighted by molar-refractivity contribution is 9.10. The molecule has 1 N–H and O–H groups in total. The van der Waals surface area contributed by atoms with Crippen molar-refractivity contribution < 1.29 is 0 Å². The molecule has 6 rings (SSSR count). The number of rotatable bonds is 2. The Morgan fingerprint density at radius 3 is 2.23 bits per heavy atom. The van der Waals surface area contributed by atoms with Crippen molar-refractivity contribution in [1.29, 1.82) is 0 Å². The summed E-state index contributed by atoms with van der Waals surface area (Å²) in [5.41, 5.74) is 4.70. The molecule has 0 radical (unpaired) electrons. The molecular weight excluding hydrogens is 434 g/mol. The summed E-state index contributed by atoms with van der Waals surface area (Å²) < 4.78 is 1.08. The third kappa shape index (κ3) is 2.61. The number of nitrogens with one attached hydrogen (secondary N) is 1. The summed E-state index contributed by atoms with van der Waals surface area (Å²) in [6, 6.07) is 29.9. The van der Waals surface area contributed by atoms with E-state index in [0.29, 0.717) is 0 Å². The Hall–Kier alpha value is -3.37. The highest BCUT2D eigenvalue weighted by Crippen LogP contribution is 2.52. The van der Waals surface area contributed by atoms with Gasteiger partial charge in [-0.1, -0.05) is 70.5 Å². The van der Waals surface area contributed by atoms with Crippen LogP contribution in [-0.2, 0) is 0 Å². The van der Waals surface area contributed by atoms with Gasteiger partial charge in [-0.3, -0.25) is 4.98 Å². The summed E-state index contributed by atoms with van der Waals surface area (Å²) in [6.45, 7) is 0. The lowest BCUT2D eigenvalue weighted by atomic mass is 9.99. The minimum atomic E-state index is -0.00953. The number of halogens is 1. The Labute approximate surface area is 183 Å². The molecule has 1 aliphatic heterocycles. The van der Waals surface area contributed by atoms with Gasteiger partial charge >= 0.3 is 0 Å². The summed E-state index contributed by atoms with van der Waals surface area (Å²) in [5.74, 6) is 0. The van der Waals surface area contributed by atoms with Crippen molar-refractivity contribution in [3.05, 3.63) is 107 Å². The first-order valence-electron chi connectivity index (χ1n) is 9.96. The van der Waals surface area contributed by atoms with Crippen molar-refractivity contribution in [1.82, 2.24) is 4.98 Å². The van der Waals surface area contributed by atoms with Gasteiger partial charge in [-0.2, -0.15) is 0 Å². The van der Waals surface area contributed by atoms with Crippen LogP contribution in [0, 0.1) is 0 Å². The smallest absolute Gasteiger partial charge is 0.130 e. The van der Waals surface area contributed by atoms with Crippen LogP contribution in [0.15, 0.2) is 102 Å². The van der Waals surface area contributed by atoms with E-state index in [9.17, 15) is 0 Å². The van der Waals surface area contributed by atoms with Crippen molar-refractivity contribution >= 4 is 54.5 Å². The Balaban J connectivity index is 1.70. The topological polar surface area (TPSA) is 28.2 Å². The summed E-state index contributed by atoms with van der Waals surface area (Å²) in [6.07, 6.45) is 3.84. The fourth-order valence-electron chi connectivity index (χ4n) is 4.49. The van der Waals surface area contributed by atoms with Crippen LogP contribution in [0.3, 0.4) is 0 Å². The van der Waals surface area contributed by atoms with Gasteiger partial charge in [0.15, 0.2) is 0 Å². The molecule has 0 bridgehead atoms. The molecule has 144 valence electrons. The molecule has 3 nitrogen and oxygen atoms in total. The number of nitrogens with zero attached hydrogens (tertiary/aromatic N) is 2. The van der Waals surface area contributed by atoms with Crippen LogP contribution < -0.4 is 10.2 Å². The molecule has 1 unspecified atom stereocenters. The Bertz CT molecular complexity index is 1380. The Morgan fingerprint density at radius 1 is 0.733 bits per heavy atom. The number of para-hydroxylation sites is 1. The lowest BCUT2D eigenvalue weighted by Crippen LogP contribution is -2.23. The number of hydrogen-bond acceptors (Lipinski definition) is 3. The van der Waals surface area contributed by atoms with Gasteiger partial charge < -0.3 is 10.2 Å². The number of fused-ring (bicyclic) bond motifs is 6. The summed E-state index contributed by atoms with van der Waals surface area (Å²) in [7, 11) is 0. The third-order valence-corrected chi connectivity index (χ3v) is 6.33. The van der Waals surface area contributed by atoms with Crippen LogP contribution >= 0.6 is 15.9 Å². The molecule has 1 aliphatic rings. The number of aromatic nitrogens is 1. The molecule has 4 aromatic carbocycles.